The summed E-state index contributed by atoms with van der Waals surface area (Å²) in [5.74, 6) is -2.28. The van der Waals surface area contributed by atoms with E-state index in [4.69, 9.17) is 26.8 Å². The Morgan fingerprint density at radius 2 is 1.08 bits per heavy atom. The second-order valence-electron chi connectivity index (χ2n) is 8.21. The predicted molar refractivity (Wildman–Crippen MR) is 145 cm³/mol. The molecule has 1 aliphatic heterocycles. The van der Waals surface area contributed by atoms with Gasteiger partial charge < -0.3 is 20.4 Å². The van der Waals surface area contributed by atoms with Crippen LogP contribution in [0.15, 0.2) is 78.9 Å². The zero-order valence-corrected chi connectivity index (χ0v) is 21.3. The molecule has 1 heterocycles. The van der Waals surface area contributed by atoms with Gasteiger partial charge in [0.15, 0.2) is 0 Å². The number of terminal acetylenes is 1. The third-order valence-electron chi connectivity index (χ3n) is 5.27. The van der Waals surface area contributed by atoms with E-state index in [1.807, 2.05) is 0 Å². The molecule has 3 rings (SSSR count). The highest BCUT2D eigenvalue weighted by atomic mass is 16.4. The number of hydrogen-bond donors (Lipinski definition) is 4. The van der Waals surface area contributed by atoms with Crippen molar-refractivity contribution in [1.82, 2.24) is 9.80 Å². The second-order valence-corrected chi connectivity index (χ2v) is 8.21. The normalized spacial score (nSPS) is 13.4. The van der Waals surface area contributed by atoms with Gasteiger partial charge in [-0.25, -0.2) is 19.2 Å². The van der Waals surface area contributed by atoms with Crippen molar-refractivity contribution in [2.24, 2.45) is 0 Å². The van der Waals surface area contributed by atoms with Crippen LogP contribution in [0.1, 0.15) is 16.7 Å². The fraction of sp³-hybridized carbons (Fsp3) is 0.241. The van der Waals surface area contributed by atoms with Gasteiger partial charge in [-0.1, -0.05) is 60.5 Å². The van der Waals surface area contributed by atoms with E-state index in [9.17, 15) is 19.2 Å². The molecule has 10 nitrogen and oxygen atoms in total. The summed E-state index contributed by atoms with van der Waals surface area (Å²) >= 11 is 0. The highest BCUT2D eigenvalue weighted by Gasteiger charge is 2.17. The van der Waals surface area contributed by atoms with Gasteiger partial charge in [0.1, 0.15) is 0 Å². The first-order chi connectivity index (χ1) is 18.6. The van der Waals surface area contributed by atoms with Crippen molar-refractivity contribution in [2.75, 3.05) is 32.7 Å². The molecular weight excluding hydrogens is 504 g/mol. The van der Waals surface area contributed by atoms with Gasteiger partial charge in [-0.15, -0.1) is 6.42 Å². The van der Waals surface area contributed by atoms with Crippen molar-refractivity contribution in [3.05, 3.63) is 95.6 Å². The minimum Gasteiger partial charge on any atom is -0.478 e. The van der Waals surface area contributed by atoms with Gasteiger partial charge in [0, 0.05) is 57.0 Å². The van der Waals surface area contributed by atoms with E-state index in [-0.39, 0.29) is 0 Å². The van der Waals surface area contributed by atoms with E-state index in [1.165, 1.54) is 16.7 Å². The number of hydrogen-bond acceptors (Lipinski definition) is 6. The second kappa shape index (κ2) is 18.5. The Hall–Kier alpha value is -4.72. The molecular formula is C29H32N2O8. The Labute approximate surface area is 227 Å². The molecule has 0 amide bonds. The lowest BCUT2D eigenvalue weighted by Gasteiger charge is -2.34. The lowest BCUT2D eigenvalue weighted by Crippen LogP contribution is -2.45. The zero-order chi connectivity index (χ0) is 29.0. The minimum atomic E-state index is -1.26. The third-order valence-corrected chi connectivity index (χ3v) is 5.27. The molecule has 4 N–H and O–H groups in total. The van der Waals surface area contributed by atoms with Crippen molar-refractivity contribution < 1.29 is 39.6 Å². The number of carboxylic acids is 4. The first-order valence-electron chi connectivity index (χ1n) is 11.9. The van der Waals surface area contributed by atoms with Crippen LogP contribution in [0.5, 0.6) is 0 Å². The van der Waals surface area contributed by atoms with Gasteiger partial charge in [0.05, 0.1) is 6.54 Å². The lowest BCUT2D eigenvalue weighted by atomic mass is 9.99. The van der Waals surface area contributed by atoms with Crippen molar-refractivity contribution in [3.63, 3.8) is 0 Å². The molecule has 0 aromatic heterocycles. The largest absolute Gasteiger partial charge is 0.478 e. The summed E-state index contributed by atoms with van der Waals surface area (Å²) in [7, 11) is 0. The standard InChI is InChI=1S/C21H24N2.2C4H4O4/c1-2-12-22-13-15-23(16-14-22)18-21-11-7-6-10-20(21)17-19-8-4-3-5-9-19;2*5-3(6)1-2-4(7)8/h1,3-11H,12-18H2;2*1-2H,(H,5,6)(H,7,8)/b;2*2-1+. The van der Waals surface area contributed by atoms with Crippen molar-refractivity contribution in [1.29, 1.82) is 0 Å². The van der Waals surface area contributed by atoms with Crippen LogP contribution in [-0.2, 0) is 32.1 Å². The monoisotopic (exact) mass is 536 g/mol. The van der Waals surface area contributed by atoms with Crippen LogP contribution in [0.25, 0.3) is 0 Å². The number of rotatable bonds is 9. The molecule has 2 aromatic carbocycles. The molecule has 10 heteroatoms. The number of carbonyl (C=O) groups is 4. The third kappa shape index (κ3) is 15.9. The van der Waals surface area contributed by atoms with Crippen LogP contribution >= 0.6 is 0 Å². The summed E-state index contributed by atoms with van der Waals surface area (Å²) in [6.07, 6.45) is 8.64. The lowest BCUT2D eigenvalue weighted by molar-refractivity contribution is -0.134. The Bertz CT molecular complexity index is 1110. The van der Waals surface area contributed by atoms with Gasteiger partial charge in [0.2, 0.25) is 0 Å². The average molecular weight is 537 g/mol. The summed E-state index contributed by atoms with van der Waals surface area (Å²) in [4.78, 5) is 43.1. The maximum Gasteiger partial charge on any atom is 0.328 e. The van der Waals surface area contributed by atoms with Crippen LogP contribution in [0.2, 0.25) is 0 Å². The SMILES string of the molecule is C#CCN1CCN(Cc2ccccc2Cc2ccccc2)CC1.O=C(O)/C=C/C(=O)O.O=C(O)/C=C/C(=O)O. The van der Waals surface area contributed by atoms with Crippen LogP contribution in [0.4, 0.5) is 0 Å². The smallest absolute Gasteiger partial charge is 0.328 e. The Kier molecular flexibility index (Phi) is 15.3. The van der Waals surface area contributed by atoms with Gasteiger partial charge in [-0.2, -0.15) is 0 Å². The molecule has 0 spiro atoms. The zero-order valence-electron chi connectivity index (χ0n) is 21.3. The number of aliphatic carboxylic acids is 4. The fourth-order valence-electron chi connectivity index (χ4n) is 3.46. The molecule has 0 radical (unpaired) electrons. The molecule has 0 aliphatic carbocycles. The predicted octanol–water partition coefficient (Wildman–Crippen LogP) is 2.45. The van der Waals surface area contributed by atoms with Crippen molar-refractivity contribution in [2.45, 2.75) is 13.0 Å². The minimum absolute atomic E-state index is 0.558. The topological polar surface area (TPSA) is 156 Å². The van der Waals surface area contributed by atoms with E-state index in [0.29, 0.717) is 24.3 Å². The molecule has 0 bridgehead atoms. The molecule has 0 atom stereocenters. The fourth-order valence-corrected chi connectivity index (χ4v) is 3.46. The van der Waals surface area contributed by atoms with Gasteiger partial charge in [-0.3, -0.25) is 9.80 Å². The summed E-state index contributed by atoms with van der Waals surface area (Å²) in [5.41, 5.74) is 4.25. The summed E-state index contributed by atoms with van der Waals surface area (Å²) < 4.78 is 0. The Balaban J connectivity index is 0.000000393. The maximum atomic E-state index is 9.55. The molecule has 2 aromatic rings. The van der Waals surface area contributed by atoms with Crippen LogP contribution in [0.3, 0.4) is 0 Å². The Morgan fingerprint density at radius 1 is 0.667 bits per heavy atom. The van der Waals surface area contributed by atoms with Crippen LogP contribution in [0, 0.1) is 12.3 Å². The summed E-state index contributed by atoms with van der Waals surface area (Å²) in [5, 5.41) is 31.2. The molecule has 0 saturated carbocycles. The first-order valence-corrected chi connectivity index (χ1v) is 11.9. The molecule has 1 saturated heterocycles. The number of carboxylic acid groups (broad SMARTS) is 4. The highest BCUT2D eigenvalue weighted by molar-refractivity contribution is 5.90. The molecule has 39 heavy (non-hydrogen) atoms. The van der Waals surface area contributed by atoms with Crippen molar-refractivity contribution >= 4 is 23.9 Å². The van der Waals surface area contributed by atoms with E-state index in [0.717, 1.165) is 45.7 Å². The van der Waals surface area contributed by atoms with E-state index >= 15 is 0 Å². The molecule has 1 aliphatic rings. The molecule has 1 fully saturated rings. The molecule has 0 unspecified atom stereocenters. The van der Waals surface area contributed by atoms with Gasteiger partial charge in [-0.05, 0) is 23.1 Å². The molecule has 206 valence electrons. The summed E-state index contributed by atoms with van der Waals surface area (Å²) in [6, 6.07) is 19.5. The van der Waals surface area contributed by atoms with Crippen molar-refractivity contribution in [3.8, 4) is 12.3 Å². The van der Waals surface area contributed by atoms with Gasteiger partial charge in [0.25, 0.3) is 0 Å². The number of piperazine rings is 1. The number of nitrogens with zero attached hydrogens (tertiary/aromatic N) is 2. The average Bonchev–Trinajstić information content (AvgIpc) is 2.90. The van der Waals surface area contributed by atoms with E-state index in [2.05, 4.69) is 70.3 Å². The first kappa shape index (κ1) is 32.3. The van der Waals surface area contributed by atoms with Gasteiger partial charge >= 0.3 is 23.9 Å². The highest BCUT2D eigenvalue weighted by Crippen LogP contribution is 2.17. The maximum absolute atomic E-state index is 9.55. The number of benzene rings is 2. The quantitative estimate of drug-likeness (QED) is 0.277. The Morgan fingerprint density at radius 3 is 1.51 bits per heavy atom. The van der Waals surface area contributed by atoms with Crippen LogP contribution in [-0.4, -0.2) is 86.8 Å². The van der Waals surface area contributed by atoms with E-state index in [1.54, 1.807) is 0 Å². The van der Waals surface area contributed by atoms with E-state index < -0.39 is 23.9 Å². The summed E-state index contributed by atoms with van der Waals surface area (Å²) in [6.45, 7) is 6.16. The van der Waals surface area contributed by atoms with Crippen LogP contribution < -0.4 is 0 Å².